The van der Waals surface area contributed by atoms with Crippen LogP contribution in [0.5, 0.6) is 0 Å². The van der Waals surface area contributed by atoms with E-state index in [1.807, 2.05) is 44.3 Å². The summed E-state index contributed by atoms with van der Waals surface area (Å²) in [5.74, 6) is 0.375. The van der Waals surface area contributed by atoms with Crippen LogP contribution in [0, 0.1) is 20.8 Å². The monoisotopic (exact) mass is 329 g/mol. The molecule has 6 heteroatoms. The third kappa shape index (κ3) is 2.97. The van der Waals surface area contributed by atoms with E-state index in [2.05, 4.69) is 21.4 Å². The first-order chi connectivity index (χ1) is 11.4. The van der Waals surface area contributed by atoms with Crippen molar-refractivity contribution in [1.29, 1.82) is 0 Å². The van der Waals surface area contributed by atoms with Gasteiger partial charge in [-0.15, -0.1) is 0 Å². The van der Waals surface area contributed by atoms with Gasteiger partial charge in [-0.3, -0.25) is 14.6 Å². The third-order valence-electron chi connectivity index (χ3n) is 5.25. The fourth-order valence-electron chi connectivity index (χ4n) is 3.88. The van der Waals surface area contributed by atoms with Gasteiger partial charge in [-0.2, -0.15) is 10.2 Å². The van der Waals surface area contributed by atoms with Gasteiger partial charge in [0.05, 0.1) is 17.3 Å². The second kappa shape index (κ2) is 6.42. The number of carbonyl (C=O) groups is 1. The molecule has 6 nitrogen and oxygen atoms in total. The molecule has 3 heterocycles. The highest BCUT2D eigenvalue weighted by atomic mass is 16.2. The summed E-state index contributed by atoms with van der Waals surface area (Å²) in [7, 11) is 1.93. The molecule has 24 heavy (non-hydrogen) atoms. The largest absolute Gasteiger partial charge is 0.342 e. The van der Waals surface area contributed by atoms with Crippen LogP contribution >= 0.6 is 0 Å². The van der Waals surface area contributed by atoms with Gasteiger partial charge in [0.15, 0.2) is 0 Å². The first-order valence-corrected chi connectivity index (χ1v) is 8.69. The molecule has 1 fully saturated rings. The SMILES string of the molecule is Cc1cc([C@H]2CCCN(C(=O)[C@@H](C)c3c(C)nn(C)c3C)C2)n[nH]1. The molecule has 2 aromatic heterocycles. The van der Waals surface area contributed by atoms with E-state index in [-0.39, 0.29) is 11.8 Å². The number of aromatic amines is 1. The Bertz CT molecular complexity index is 745. The standard InChI is InChI=1S/C18H27N5O/c1-11-9-16(20-19-11)15-7-6-8-23(10-15)18(24)12(2)17-13(3)21-22(5)14(17)4/h9,12,15H,6-8,10H2,1-5H3,(H,19,20)/t12-,15-/m0/s1. The Hall–Kier alpha value is -2.11. The first kappa shape index (κ1) is 16.7. The lowest BCUT2D eigenvalue weighted by Gasteiger charge is -2.33. The molecule has 0 aromatic carbocycles. The normalized spacial score (nSPS) is 19.5. The Balaban J connectivity index is 1.76. The van der Waals surface area contributed by atoms with Crippen molar-refractivity contribution in [2.75, 3.05) is 13.1 Å². The van der Waals surface area contributed by atoms with Gasteiger partial charge in [0, 0.05) is 43.0 Å². The quantitative estimate of drug-likeness (QED) is 0.941. The van der Waals surface area contributed by atoms with E-state index in [1.54, 1.807) is 0 Å². The van der Waals surface area contributed by atoms with Crippen molar-refractivity contribution >= 4 is 5.91 Å². The fourth-order valence-corrected chi connectivity index (χ4v) is 3.88. The predicted molar refractivity (Wildman–Crippen MR) is 93.0 cm³/mol. The molecule has 0 aliphatic carbocycles. The van der Waals surface area contributed by atoms with E-state index in [0.29, 0.717) is 5.92 Å². The summed E-state index contributed by atoms with van der Waals surface area (Å²) < 4.78 is 1.86. The second-order valence-corrected chi connectivity index (χ2v) is 7.03. The van der Waals surface area contributed by atoms with Gasteiger partial charge in [0.25, 0.3) is 0 Å². The molecule has 0 unspecified atom stereocenters. The number of hydrogen-bond acceptors (Lipinski definition) is 3. The van der Waals surface area contributed by atoms with Crippen molar-refractivity contribution in [3.63, 3.8) is 0 Å². The molecule has 3 rings (SSSR count). The van der Waals surface area contributed by atoms with Crippen LogP contribution in [-0.2, 0) is 11.8 Å². The number of aromatic nitrogens is 4. The molecule has 1 N–H and O–H groups in total. The van der Waals surface area contributed by atoms with Crippen molar-refractivity contribution in [2.45, 2.75) is 52.4 Å². The molecular weight excluding hydrogens is 302 g/mol. The molecule has 0 spiro atoms. The third-order valence-corrected chi connectivity index (χ3v) is 5.25. The average molecular weight is 329 g/mol. The topological polar surface area (TPSA) is 66.8 Å². The number of likely N-dealkylation sites (tertiary alicyclic amines) is 1. The Labute approximate surface area is 143 Å². The van der Waals surface area contributed by atoms with Crippen LogP contribution in [0.2, 0.25) is 0 Å². The summed E-state index contributed by atoms with van der Waals surface area (Å²) in [6.07, 6.45) is 2.12. The number of nitrogens with one attached hydrogen (secondary N) is 1. The molecule has 0 saturated carbocycles. The number of carbonyl (C=O) groups excluding carboxylic acids is 1. The maximum Gasteiger partial charge on any atom is 0.229 e. The van der Waals surface area contributed by atoms with Gasteiger partial charge in [0.1, 0.15) is 0 Å². The summed E-state index contributed by atoms with van der Waals surface area (Å²) in [4.78, 5) is 15.1. The van der Waals surface area contributed by atoms with Crippen LogP contribution < -0.4 is 0 Å². The average Bonchev–Trinajstić information content (AvgIpc) is 3.10. The van der Waals surface area contributed by atoms with E-state index >= 15 is 0 Å². The number of rotatable bonds is 3. The first-order valence-electron chi connectivity index (χ1n) is 8.69. The molecule has 1 saturated heterocycles. The molecule has 1 aliphatic heterocycles. The summed E-state index contributed by atoms with van der Waals surface area (Å²) in [5, 5.41) is 11.9. The lowest BCUT2D eigenvalue weighted by Crippen LogP contribution is -2.41. The van der Waals surface area contributed by atoms with Gasteiger partial charge in [-0.1, -0.05) is 0 Å². The zero-order valence-corrected chi connectivity index (χ0v) is 15.3. The van der Waals surface area contributed by atoms with Crippen molar-refractivity contribution in [3.8, 4) is 0 Å². The molecule has 1 amide bonds. The number of amides is 1. The van der Waals surface area contributed by atoms with E-state index in [9.17, 15) is 4.79 Å². The Morgan fingerprint density at radius 1 is 1.38 bits per heavy atom. The summed E-state index contributed by atoms with van der Waals surface area (Å²) >= 11 is 0. The minimum absolute atomic E-state index is 0.154. The molecule has 2 aromatic rings. The minimum atomic E-state index is -0.154. The molecule has 0 bridgehead atoms. The number of nitrogens with zero attached hydrogens (tertiary/aromatic N) is 4. The highest BCUT2D eigenvalue weighted by Gasteiger charge is 2.31. The number of piperidine rings is 1. The molecule has 0 radical (unpaired) electrons. The van der Waals surface area contributed by atoms with Crippen LogP contribution in [0.15, 0.2) is 6.07 Å². The minimum Gasteiger partial charge on any atom is -0.342 e. The Morgan fingerprint density at radius 3 is 2.71 bits per heavy atom. The van der Waals surface area contributed by atoms with Crippen LogP contribution in [0.4, 0.5) is 0 Å². The van der Waals surface area contributed by atoms with Crippen LogP contribution in [0.1, 0.15) is 59.9 Å². The molecule has 1 aliphatic rings. The van der Waals surface area contributed by atoms with Gasteiger partial charge >= 0.3 is 0 Å². The summed E-state index contributed by atoms with van der Waals surface area (Å²) in [6, 6.07) is 2.09. The van der Waals surface area contributed by atoms with Crippen LogP contribution in [0.3, 0.4) is 0 Å². The molecular formula is C18H27N5O. The van der Waals surface area contributed by atoms with Gasteiger partial charge in [-0.25, -0.2) is 0 Å². The zero-order chi connectivity index (χ0) is 17.4. The van der Waals surface area contributed by atoms with Crippen molar-refractivity contribution in [3.05, 3.63) is 34.4 Å². The Morgan fingerprint density at radius 2 is 2.12 bits per heavy atom. The summed E-state index contributed by atoms with van der Waals surface area (Å²) in [5.41, 5.74) is 5.24. The maximum absolute atomic E-state index is 13.1. The van der Waals surface area contributed by atoms with Crippen molar-refractivity contribution in [2.24, 2.45) is 7.05 Å². The van der Waals surface area contributed by atoms with E-state index in [1.165, 1.54) is 0 Å². The number of aryl methyl sites for hydroxylation is 3. The van der Waals surface area contributed by atoms with Crippen LogP contribution in [-0.4, -0.2) is 43.9 Å². The number of hydrogen-bond donors (Lipinski definition) is 1. The lowest BCUT2D eigenvalue weighted by molar-refractivity contribution is -0.133. The second-order valence-electron chi connectivity index (χ2n) is 7.03. The summed E-state index contributed by atoms with van der Waals surface area (Å²) in [6.45, 7) is 9.62. The Kier molecular flexibility index (Phi) is 4.47. The number of H-pyrrole nitrogens is 1. The maximum atomic E-state index is 13.1. The highest BCUT2D eigenvalue weighted by molar-refractivity contribution is 5.84. The smallest absolute Gasteiger partial charge is 0.229 e. The highest BCUT2D eigenvalue weighted by Crippen LogP contribution is 2.30. The van der Waals surface area contributed by atoms with Crippen molar-refractivity contribution < 1.29 is 4.79 Å². The predicted octanol–water partition coefficient (Wildman–Crippen LogP) is 2.58. The van der Waals surface area contributed by atoms with E-state index in [4.69, 9.17) is 0 Å². The molecule has 130 valence electrons. The van der Waals surface area contributed by atoms with E-state index < -0.39 is 0 Å². The van der Waals surface area contributed by atoms with Gasteiger partial charge < -0.3 is 4.90 Å². The van der Waals surface area contributed by atoms with Gasteiger partial charge in [0.2, 0.25) is 5.91 Å². The van der Waals surface area contributed by atoms with Gasteiger partial charge in [-0.05, 0) is 46.6 Å². The fraction of sp³-hybridized carbons (Fsp3) is 0.611. The zero-order valence-electron chi connectivity index (χ0n) is 15.3. The molecule has 2 atom stereocenters. The van der Waals surface area contributed by atoms with E-state index in [0.717, 1.165) is 54.3 Å². The van der Waals surface area contributed by atoms with Crippen molar-refractivity contribution in [1.82, 2.24) is 24.9 Å². The lowest BCUT2D eigenvalue weighted by atomic mass is 9.92. The van der Waals surface area contributed by atoms with Crippen LogP contribution in [0.25, 0.3) is 0 Å².